The van der Waals surface area contributed by atoms with Gasteiger partial charge in [-0.3, -0.25) is 10.1 Å². The molecule has 0 saturated carbocycles. The van der Waals surface area contributed by atoms with Crippen molar-refractivity contribution in [2.75, 3.05) is 6.61 Å². The van der Waals surface area contributed by atoms with Gasteiger partial charge in [0.25, 0.3) is 0 Å². The maximum Gasteiger partial charge on any atom is 0.138 e. The molecule has 29 heavy (non-hydrogen) atoms. The van der Waals surface area contributed by atoms with Gasteiger partial charge in [0.1, 0.15) is 12.4 Å². The molecule has 4 aromatic rings. The zero-order valence-corrected chi connectivity index (χ0v) is 17.1. The van der Waals surface area contributed by atoms with E-state index in [1.807, 2.05) is 25.3 Å². The van der Waals surface area contributed by atoms with Crippen LogP contribution in [0.3, 0.4) is 0 Å². The first kappa shape index (κ1) is 19.2. The summed E-state index contributed by atoms with van der Waals surface area (Å²) in [6, 6.07) is 14.5. The number of hydrogen-bond acceptors (Lipinski definition) is 4. The Morgan fingerprint density at radius 1 is 1.00 bits per heavy atom. The molecule has 4 rings (SSSR count). The van der Waals surface area contributed by atoms with E-state index in [2.05, 4.69) is 59.4 Å². The number of rotatable bonds is 6. The average molecular weight is 386 g/mol. The highest BCUT2D eigenvalue weighted by Gasteiger charge is 2.11. The van der Waals surface area contributed by atoms with Gasteiger partial charge in [-0.15, -0.1) is 0 Å². The molecule has 0 bridgehead atoms. The molecule has 148 valence electrons. The lowest BCUT2D eigenvalue weighted by Gasteiger charge is -2.16. The quantitative estimate of drug-likeness (QED) is 0.511. The first-order chi connectivity index (χ1) is 14.0. The molecule has 2 aromatic heterocycles. The third kappa shape index (κ3) is 4.15. The van der Waals surface area contributed by atoms with Crippen molar-refractivity contribution in [3.63, 3.8) is 0 Å². The second-order valence-corrected chi connectivity index (χ2v) is 7.64. The number of nitrogens with one attached hydrogen (secondary N) is 1. The molecular formula is C24H26N4O. The highest BCUT2D eigenvalue weighted by Crippen LogP contribution is 2.27. The van der Waals surface area contributed by atoms with Gasteiger partial charge in [0, 0.05) is 28.9 Å². The van der Waals surface area contributed by atoms with Crippen molar-refractivity contribution >= 4 is 10.9 Å². The molecule has 5 nitrogen and oxygen atoms in total. The molecule has 0 radical (unpaired) electrons. The van der Waals surface area contributed by atoms with Gasteiger partial charge in [0.15, 0.2) is 0 Å². The van der Waals surface area contributed by atoms with Gasteiger partial charge in [-0.1, -0.05) is 24.3 Å². The van der Waals surface area contributed by atoms with Crippen LogP contribution in [0.15, 0.2) is 54.9 Å². The molecular weight excluding hydrogens is 360 g/mol. The molecule has 3 N–H and O–H groups in total. The van der Waals surface area contributed by atoms with Crippen LogP contribution in [-0.4, -0.2) is 27.8 Å². The number of ether oxygens (including phenoxy) is 1. The Hall–Kier alpha value is -3.18. The van der Waals surface area contributed by atoms with Gasteiger partial charge in [0.05, 0.1) is 11.7 Å². The summed E-state index contributed by atoms with van der Waals surface area (Å²) in [6.07, 6.45) is 4.37. The summed E-state index contributed by atoms with van der Waals surface area (Å²) >= 11 is 0. The SMILES string of the molecule is Cc1cccc(C)c1C[C@H](N)COc1cncc(-c2ccc3n[nH]c(C)c3c2)c1. The van der Waals surface area contributed by atoms with Crippen molar-refractivity contribution < 1.29 is 4.74 Å². The maximum absolute atomic E-state index is 6.35. The van der Waals surface area contributed by atoms with E-state index in [4.69, 9.17) is 10.5 Å². The van der Waals surface area contributed by atoms with Gasteiger partial charge in [-0.25, -0.2) is 0 Å². The minimum Gasteiger partial charge on any atom is -0.490 e. The number of H-pyrrole nitrogens is 1. The van der Waals surface area contributed by atoms with Crippen LogP contribution in [0, 0.1) is 20.8 Å². The summed E-state index contributed by atoms with van der Waals surface area (Å²) in [4.78, 5) is 4.35. The third-order valence-electron chi connectivity index (χ3n) is 5.37. The number of aromatic amines is 1. The van der Waals surface area contributed by atoms with Gasteiger partial charge < -0.3 is 10.5 Å². The Morgan fingerprint density at radius 3 is 2.59 bits per heavy atom. The highest BCUT2D eigenvalue weighted by atomic mass is 16.5. The van der Waals surface area contributed by atoms with E-state index in [9.17, 15) is 0 Å². The highest BCUT2D eigenvalue weighted by molar-refractivity contribution is 5.86. The molecule has 5 heteroatoms. The number of benzene rings is 2. The summed E-state index contributed by atoms with van der Waals surface area (Å²) < 4.78 is 5.97. The molecule has 0 fully saturated rings. The molecule has 2 heterocycles. The lowest BCUT2D eigenvalue weighted by atomic mass is 9.97. The second-order valence-electron chi connectivity index (χ2n) is 7.64. The fraction of sp³-hybridized carbons (Fsp3) is 0.250. The van der Waals surface area contributed by atoms with Crippen LogP contribution in [0.2, 0.25) is 0 Å². The van der Waals surface area contributed by atoms with Crippen LogP contribution in [0.1, 0.15) is 22.4 Å². The second kappa shape index (κ2) is 8.05. The van der Waals surface area contributed by atoms with Crippen LogP contribution >= 0.6 is 0 Å². The maximum atomic E-state index is 6.35. The third-order valence-corrected chi connectivity index (χ3v) is 5.37. The first-order valence-electron chi connectivity index (χ1n) is 9.85. The fourth-order valence-corrected chi connectivity index (χ4v) is 3.67. The normalized spacial score (nSPS) is 12.3. The molecule has 0 amide bonds. The van der Waals surface area contributed by atoms with Crippen molar-refractivity contribution in [3.8, 4) is 16.9 Å². The van der Waals surface area contributed by atoms with E-state index in [0.29, 0.717) is 6.61 Å². The topological polar surface area (TPSA) is 76.8 Å². The summed E-state index contributed by atoms with van der Waals surface area (Å²) in [5, 5.41) is 8.43. The van der Waals surface area contributed by atoms with Crippen LogP contribution in [0.25, 0.3) is 22.0 Å². The predicted molar refractivity (Wildman–Crippen MR) is 117 cm³/mol. The monoisotopic (exact) mass is 386 g/mol. The Morgan fingerprint density at radius 2 is 1.79 bits per heavy atom. The van der Waals surface area contributed by atoms with E-state index in [-0.39, 0.29) is 6.04 Å². The first-order valence-corrected chi connectivity index (χ1v) is 9.85. The fourth-order valence-electron chi connectivity index (χ4n) is 3.67. The lowest BCUT2D eigenvalue weighted by molar-refractivity contribution is 0.286. The minimum absolute atomic E-state index is 0.0802. The van der Waals surface area contributed by atoms with Crippen LogP contribution in [0.5, 0.6) is 5.75 Å². The number of nitrogens with zero attached hydrogens (tertiary/aromatic N) is 2. The Bertz CT molecular complexity index is 1130. The van der Waals surface area contributed by atoms with E-state index in [1.165, 1.54) is 16.7 Å². The molecule has 2 aromatic carbocycles. The van der Waals surface area contributed by atoms with Crippen molar-refractivity contribution in [1.29, 1.82) is 0 Å². The summed E-state index contributed by atoms with van der Waals surface area (Å²) in [6.45, 7) is 6.72. The smallest absolute Gasteiger partial charge is 0.138 e. The largest absolute Gasteiger partial charge is 0.490 e. The molecule has 0 aliphatic carbocycles. The molecule has 0 unspecified atom stereocenters. The minimum atomic E-state index is -0.0802. The number of aryl methyl sites for hydroxylation is 3. The van der Waals surface area contributed by atoms with E-state index in [1.54, 1.807) is 6.20 Å². The van der Waals surface area contributed by atoms with Gasteiger partial charge >= 0.3 is 0 Å². The Kier molecular flexibility index (Phi) is 5.32. The lowest BCUT2D eigenvalue weighted by Crippen LogP contribution is -2.30. The average Bonchev–Trinajstić information content (AvgIpc) is 3.10. The summed E-state index contributed by atoms with van der Waals surface area (Å²) in [5.41, 5.74) is 14.3. The van der Waals surface area contributed by atoms with Crippen molar-refractivity contribution in [3.05, 3.63) is 77.2 Å². The van der Waals surface area contributed by atoms with Crippen LogP contribution in [0.4, 0.5) is 0 Å². The van der Waals surface area contributed by atoms with Crippen molar-refractivity contribution in [2.24, 2.45) is 5.73 Å². The summed E-state index contributed by atoms with van der Waals surface area (Å²) in [7, 11) is 0. The zero-order valence-electron chi connectivity index (χ0n) is 17.1. The predicted octanol–water partition coefficient (Wildman–Crippen LogP) is 4.50. The van der Waals surface area contributed by atoms with Gasteiger partial charge in [0.2, 0.25) is 0 Å². The van der Waals surface area contributed by atoms with E-state index in [0.717, 1.165) is 39.9 Å². The van der Waals surface area contributed by atoms with Crippen molar-refractivity contribution in [2.45, 2.75) is 33.2 Å². The molecule has 1 atom stereocenters. The van der Waals surface area contributed by atoms with Crippen LogP contribution < -0.4 is 10.5 Å². The number of aromatic nitrogens is 3. The summed E-state index contributed by atoms with van der Waals surface area (Å²) in [5.74, 6) is 0.725. The zero-order chi connectivity index (χ0) is 20.4. The van der Waals surface area contributed by atoms with E-state index >= 15 is 0 Å². The van der Waals surface area contributed by atoms with Crippen molar-refractivity contribution in [1.82, 2.24) is 15.2 Å². The van der Waals surface area contributed by atoms with E-state index < -0.39 is 0 Å². The standard InChI is InChI=1S/C24H26N4O/c1-15-5-4-6-16(2)22(15)11-20(25)14-29-21-9-19(12-26-13-21)18-7-8-24-23(10-18)17(3)27-28-24/h4-10,12-13,20H,11,14,25H2,1-3H3,(H,27,28)/t20-/m0/s1. The Labute approximate surface area is 170 Å². The number of nitrogens with two attached hydrogens (primary N) is 1. The number of pyridine rings is 1. The number of fused-ring (bicyclic) bond motifs is 1. The number of hydrogen-bond donors (Lipinski definition) is 2. The molecule has 0 saturated heterocycles. The van der Waals surface area contributed by atoms with Gasteiger partial charge in [-0.2, -0.15) is 5.10 Å². The Balaban J connectivity index is 1.46. The van der Waals surface area contributed by atoms with Crippen LogP contribution in [-0.2, 0) is 6.42 Å². The van der Waals surface area contributed by atoms with Gasteiger partial charge in [-0.05, 0) is 67.6 Å². The molecule has 0 spiro atoms. The molecule has 0 aliphatic rings. The molecule has 0 aliphatic heterocycles.